The lowest BCUT2D eigenvalue weighted by molar-refractivity contribution is 0.152. The number of rotatable bonds is 4. The molecule has 0 radical (unpaired) electrons. The first kappa shape index (κ1) is 14.2. The van der Waals surface area contributed by atoms with E-state index in [-0.39, 0.29) is 5.69 Å². The highest BCUT2D eigenvalue weighted by atomic mass is 16.5. The Labute approximate surface area is 117 Å². The lowest BCUT2D eigenvalue weighted by atomic mass is 10.1. The normalized spacial score (nSPS) is 10.8. The van der Waals surface area contributed by atoms with Crippen molar-refractivity contribution in [3.63, 3.8) is 0 Å². The summed E-state index contributed by atoms with van der Waals surface area (Å²) >= 11 is 0. The maximum Gasteiger partial charge on any atom is 0.407 e. The lowest BCUT2D eigenvalue weighted by Crippen LogP contribution is -2.26. The van der Waals surface area contributed by atoms with E-state index in [1.54, 1.807) is 30.2 Å². The van der Waals surface area contributed by atoms with E-state index in [9.17, 15) is 9.59 Å². The Hall–Kier alpha value is -2.24. The number of aromatic nitrogens is 2. The van der Waals surface area contributed by atoms with Gasteiger partial charge in [0, 0.05) is 20.6 Å². The first-order chi connectivity index (χ1) is 9.54. The van der Waals surface area contributed by atoms with Crippen LogP contribution in [-0.2, 0) is 25.3 Å². The van der Waals surface area contributed by atoms with Gasteiger partial charge in [0.1, 0.15) is 0 Å². The number of carbonyl (C=O) groups is 1. The Morgan fingerprint density at radius 2 is 1.95 bits per heavy atom. The van der Waals surface area contributed by atoms with Crippen molar-refractivity contribution in [2.45, 2.75) is 13.3 Å². The molecular formula is C14H19N3O3. The molecule has 20 heavy (non-hydrogen) atoms. The van der Waals surface area contributed by atoms with E-state index >= 15 is 0 Å². The largest absolute Gasteiger partial charge is 0.450 e. The molecule has 6 nitrogen and oxygen atoms in total. The van der Waals surface area contributed by atoms with Crippen LogP contribution in [0.4, 0.5) is 4.79 Å². The molecule has 0 fully saturated rings. The highest BCUT2D eigenvalue weighted by Crippen LogP contribution is 2.14. The molecule has 0 saturated heterocycles. The van der Waals surface area contributed by atoms with Crippen molar-refractivity contribution in [3.05, 3.63) is 34.2 Å². The number of ether oxygens (including phenoxy) is 1. The third-order valence-electron chi connectivity index (χ3n) is 3.29. The topological polar surface area (TPSA) is 65.3 Å². The predicted octanol–water partition coefficient (Wildman–Crippen LogP) is 1.17. The molecule has 2 rings (SSSR count). The van der Waals surface area contributed by atoms with Crippen molar-refractivity contribution in [1.29, 1.82) is 0 Å². The van der Waals surface area contributed by atoms with Crippen LogP contribution in [0.25, 0.3) is 11.0 Å². The highest BCUT2D eigenvalue weighted by molar-refractivity contribution is 5.76. The van der Waals surface area contributed by atoms with Crippen LogP contribution in [0.15, 0.2) is 23.0 Å². The van der Waals surface area contributed by atoms with E-state index in [0.717, 1.165) is 16.6 Å². The van der Waals surface area contributed by atoms with E-state index in [2.05, 4.69) is 5.32 Å². The number of alkyl carbamates (subject to hydrolysis) is 1. The summed E-state index contributed by atoms with van der Waals surface area (Å²) in [6.07, 6.45) is 0.290. The number of fused-ring (bicyclic) bond motifs is 1. The van der Waals surface area contributed by atoms with Crippen LogP contribution in [0.5, 0.6) is 0 Å². The van der Waals surface area contributed by atoms with Crippen LogP contribution in [0.3, 0.4) is 0 Å². The summed E-state index contributed by atoms with van der Waals surface area (Å²) in [6, 6.07) is 5.87. The molecule has 0 spiro atoms. The fourth-order valence-electron chi connectivity index (χ4n) is 2.20. The van der Waals surface area contributed by atoms with Crippen LogP contribution in [0.1, 0.15) is 12.5 Å². The number of carbonyl (C=O) groups excluding carboxylic acids is 1. The SMILES string of the molecule is CCOC(=O)NCCc1ccc2c(c1)n(C)c(=O)n2C. The first-order valence-electron chi connectivity index (χ1n) is 6.59. The number of amides is 1. The molecule has 1 amide bonds. The third-order valence-corrected chi connectivity index (χ3v) is 3.29. The Bertz CT molecular complexity index is 685. The fraction of sp³-hybridized carbons (Fsp3) is 0.429. The minimum Gasteiger partial charge on any atom is -0.450 e. The minimum atomic E-state index is -0.402. The van der Waals surface area contributed by atoms with Gasteiger partial charge in [-0.1, -0.05) is 6.07 Å². The van der Waals surface area contributed by atoms with Crippen LogP contribution >= 0.6 is 0 Å². The Kier molecular flexibility index (Phi) is 4.12. The molecular weight excluding hydrogens is 258 g/mol. The third kappa shape index (κ3) is 2.68. The molecule has 1 aromatic heterocycles. The highest BCUT2D eigenvalue weighted by Gasteiger charge is 2.08. The number of nitrogens with zero attached hydrogens (tertiary/aromatic N) is 2. The van der Waals surface area contributed by atoms with Crippen LogP contribution in [-0.4, -0.2) is 28.4 Å². The summed E-state index contributed by atoms with van der Waals surface area (Å²) < 4.78 is 8.03. The lowest BCUT2D eigenvalue weighted by Gasteiger charge is -2.05. The van der Waals surface area contributed by atoms with Crippen LogP contribution in [0, 0.1) is 0 Å². The van der Waals surface area contributed by atoms with Gasteiger partial charge in [0.25, 0.3) is 0 Å². The van der Waals surface area contributed by atoms with Gasteiger partial charge in [-0.05, 0) is 31.0 Å². The van der Waals surface area contributed by atoms with Gasteiger partial charge in [0.05, 0.1) is 17.6 Å². The summed E-state index contributed by atoms with van der Waals surface area (Å²) in [5, 5.41) is 2.68. The maximum absolute atomic E-state index is 11.8. The molecule has 2 aromatic rings. The molecule has 1 aromatic carbocycles. The van der Waals surface area contributed by atoms with Gasteiger partial charge < -0.3 is 10.1 Å². The number of nitrogens with one attached hydrogen (secondary N) is 1. The number of aryl methyl sites for hydroxylation is 2. The van der Waals surface area contributed by atoms with Crippen LogP contribution in [0.2, 0.25) is 0 Å². The summed E-state index contributed by atoms with van der Waals surface area (Å²) in [5.41, 5.74) is 2.82. The molecule has 0 unspecified atom stereocenters. The first-order valence-corrected chi connectivity index (χ1v) is 6.59. The smallest absolute Gasteiger partial charge is 0.407 e. The monoisotopic (exact) mass is 277 g/mol. The summed E-state index contributed by atoms with van der Waals surface area (Å²) in [7, 11) is 3.51. The zero-order valence-corrected chi connectivity index (χ0v) is 12.0. The molecule has 1 heterocycles. The van der Waals surface area contributed by atoms with Gasteiger partial charge in [-0.2, -0.15) is 0 Å². The van der Waals surface area contributed by atoms with Gasteiger partial charge in [-0.3, -0.25) is 9.13 Å². The molecule has 108 valence electrons. The molecule has 0 aliphatic rings. The second-order valence-corrected chi connectivity index (χ2v) is 4.62. The van der Waals surface area contributed by atoms with Gasteiger partial charge in [0.2, 0.25) is 0 Å². The van der Waals surface area contributed by atoms with Crippen molar-refractivity contribution in [2.75, 3.05) is 13.2 Å². The average molecular weight is 277 g/mol. The summed E-state index contributed by atoms with van der Waals surface area (Å²) in [5.74, 6) is 0. The van der Waals surface area contributed by atoms with Crippen molar-refractivity contribution in [1.82, 2.24) is 14.5 Å². The second-order valence-electron chi connectivity index (χ2n) is 4.62. The average Bonchev–Trinajstić information content (AvgIpc) is 2.64. The van der Waals surface area contributed by atoms with E-state index in [1.165, 1.54) is 0 Å². The van der Waals surface area contributed by atoms with Gasteiger partial charge in [-0.15, -0.1) is 0 Å². The van der Waals surface area contributed by atoms with Gasteiger partial charge in [0.15, 0.2) is 0 Å². The second kappa shape index (κ2) is 5.81. The molecule has 0 aliphatic heterocycles. The van der Waals surface area contributed by atoms with Gasteiger partial charge >= 0.3 is 11.8 Å². The molecule has 0 bridgehead atoms. The summed E-state index contributed by atoms with van der Waals surface area (Å²) in [4.78, 5) is 23.0. The fourth-order valence-corrected chi connectivity index (χ4v) is 2.20. The Morgan fingerprint density at radius 1 is 1.25 bits per heavy atom. The Balaban J connectivity index is 2.11. The van der Waals surface area contributed by atoms with E-state index in [1.807, 2.05) is 18.2 Å². The van der Waals surface area contributed by atoms with Crippen molar-refractivity contribution >= 4 is 17.1 Å². The zero-order chi connectivity index (χ0) is 14.7. The molecule has 6 heteroatoms. The molecule has 1 N–H and O–H groups in total. The molecule has 0 saturated carbocycles. The van der Waals surface area contributed by atoms with E-state index < -0.39 is 6.09 Å². The van der Waals surface area contributed by atoms with Gasteiger partial charge in [-0.25, -0.2) is 9.59 Å². The Morgan fingerprint density at radius 3 is 2.65 bits per heavy atom. The standard InChI is InChI=1S/C14H19N3O3/c1-4-20-13(18)15-8-7-10-5-6-11-12(9-10)17(3)14(19)16(11)2/h5-6,9H,4,7-8H2,1-3H3,(H,15,18). The number of hydrogen-bond acceptors (Lipinski definition) is 3. The zero-order valence-electron chi connectivity index (χ0n) is 12.0. The molecule has 0 aliphatic carbocycles. The predicted molar refractivity (Wildman–Crippen MR) is 76.9 cm³/mol. The number of imidazole rings is 1. The maximum atomic E-state index is 11.8. The molecule has 0 atom stereocenters. The van der Waals surface area contributed by atoms with Crippen molar-refractivity contribution < 1.29 is 9.53 Å². The number of benzene rings is 1. The van der Waals surface area contributed by atoms with Crippen molar-refractivity contribution in [2.24, 2.45) is 14.1 Å². The van der Waals surface area contributed by atoms with Crippen molar-refractivity contribution in [3.8, 4) is 0 Å². The summed E-state index contributed by atoms with van der Waals surface area (Å²) in [6.45, 7) is 2.64. The quantitative estimate of drug-likeness (QED) is 0.912. The van der Waals surface area contributed by atoms with E-state index in [0.29, 0.717) is 19.6 Å². The minimum absolute atomic E-state index is 0.0400. The van der Waals surface area contributed by atoms with E-state index in [4.69, 9.17) is 4.74 Å². The number of hydrogen-bond donors (Lipinski definition) is 1. The van der Waals surface area contributed by atoms with Crippen LogP contribution < -0.4 is 11.0 Å².